The Labute approximate surface area is 95.8 Å². The number of hydrogen-bond acceptors (Lipinski definition) is 4. The molecule has 88 valence electrons. The number of fused-ring (bicyclic) bond motifs is 1. The van der Waals surface area contributed by atoms with Crippen LogP contribution in [0.2, 0.25) is 0 Å². The summed E-state index contributed by atoms with van der Waals surface area (Å²) in [6.45, 7) is 3.33. The lowest BCUT2D eigenvalue weighted by molar-refractivity contribution is 0.182. The Morgan fingerprint density at radius 2 is 2.44 bits per heavy atom. The second kappa shape index (κ2) is 4.14. The molecular weight excluding hydrogens is 202 g/mol. The lowest BCUT2D eigenvalue weighted by Gasteiger charge is -2.31. The fourth-order valence-corrected chi connectivity index (χ4v) is 3.22. The van der Waals surface area contributed by atoms with Crippen LogP contribution >= 0.6 is 0 Å². The summed E-state index contributed by atoms with van der Waals surface area (Å²) < 4.78 is 1.95. The molecule has 0 amide bonds. The summed E-state index contributed by atoms with van der Waals surface area (Å²) in [6, 6.07) is 1.39. The second-order valence-electron chi connectivity index (χ2n) is 4.99. The third-order valence-corrected chi connectivity index (χ3v) is 4.11. The average molecular weight is 221 g/mol. The molecule has 1 N–H and O–H groups in total. The Bertz CT molecular complexity index is 336. The zero-order valence-corrected chi connectivity index (χ0v) is 9.71. The van der Waals surface area contributed by atoms with Crippen molar-refractivity contribution in [3.05, 3.63) is 12.7 Å². The van der Waals surface area contributed by atoms with E-state index in [-0.39, 0.29) is 0 Å². The van der Waals surface area contributed by atoms with Crippen LogP contribution in [0.3, 0.4) is 0 Å². The summed E-state index contributed by atoms with van der Waals surface area (Å²) in [5, 5.41) is 7.69. The SMILES string of the molecule is CN1[C@H](Cn2cncn2)C[C@@H]2CNCC[C@@H]21. The number of aromatic nitrogens is 3. The fraction of sp³-hybridized carbons (Fsp3) is 0.818. The zero-order valence-electron chi connectivity index (χ0n) is 9.71. The van der Waals surface area contributed by atoms with Crippen molar-refractivity contribution in [2.45, 2.75) is 31.5 Å². The topological polar surface area (TPSA) is 46.0 Å². The quantitative estimate of drug-likeness (QED) is 0.761. The minimum Gasteiger partial charge on any atom is -0.316 e. The molecule has 3 atom stereocenters. The predicted molar refractivity (Wildman–Crippen MR) is 61.0 cm³/mol. The lowest BCUT2D eigenvalue weighted by atomic mass is 9.93. The van der Waals surface area contributed by atoms with Gasteiger partial charge in [0.05, 0.1) is 6.54 Å². The van der Waals surface area contributed by atoms with Gasteiger partial charge in [-0.2, -0.15) is 5.10 Å². The van der Waals surface area contributed by atoms with E-state index in [0.717, 1.165) is 18.5 Å². The molecular formula is C11H19N5. The highest BCUT2D eigenvalue weighted by atomic mass is 15.3. The van der Waals surface area contributed by atoms with Gasteiger partial charge in [0.25, 0.3) is 0 Å². The largest absolute Gasteiger partial charge is 0.316 e. The Kier molecular flexibility index (Phi) is 2.65. The highest BCUT2D eigenvalue weighted by Crippen LogP contribution is 2.32. The van der Waals surface area contributed by atoms with Gasteiger partial charge in [-0.1, -0.05) is 0 Å². The second-order valence-corrected chi connectivity index (χ2v) is 4.99. The van der Waals surface area contributed by atoms with Crippen molar-refractivity contribution >= 4 is 0 Å². The molecule has 0 radical (unpaired) electrons. The van der Waals surface area contributed by atoms with Gasteiger partial charge in [0.2, 0.25) is 0 Å². The highest BCUT2D eigenvalue weighted by molar-refractivity contribution is 4.95. The van der Waals surface area contributed by atoms with Gasteiger partial charge < -0.3 is 5.32 Å². The van der Waals surface area contributed by atoms with Gasteiger partial charge in [-0.05, 0) is 38.9 Å². The van der Waals surface area contributed by atoms with Crippen LogP contribution in [-0.4, -0.2) is 51.9 Å². The highest BCUT2D eigenvalue weighted by Gasteiger charge is 2.39. The van der Waals surface area contributed by atoms with E-state index in [1.807, 2.05) is 11.0 Å². The average Bonchev–Trinajstić information content (AvgIpc) is 2.90. The van der Waals surface area contributed by atoms with E-state index in [4.69, 9.17) is 0 Å². The monoisotopic (exact) mass is 221 g/mol. The first-order valence-electron chi connectivity index (χ1n) is 6.09. The van der Waals surface area contributed by atoms with E-state index >= 15 is 0 Å². The number of likely N-dealkylation sites (N-methyl/N-ethyl adjacent to an activating group) is 1. The summed E-state index contributed by atoms with van der Waals surface area (Å²) >= 11 is 0. The van der Waals surface area contributed by atoms with Crippen molar-refractivity contribution < 1.29 is 0 Å². The molecule has 5 heteroatoms. The molecule has 2 aliphatic heterocycles. The predicted octanol–water partition coefficient (Wildman–Crippen LogP) is -0.0397. The Hall–Kier alpha value is -0.940. The van der Waals surface area contributed by atoms with Gasteiger partial charge in [-0.15, -0.1) is 0 Å². The van der Waals surface area contributed by atoms with E-state index in [0.29, 0.717) is 6.04 Å². The van der Waals surface area contributed by atoms with Crippen molar-refractivity contribution in [1.82, 2.24) is 25.0 Å². The molecule has 2 fully saturated rings. The van der Waals surface area contributed by atoms with Crippen LogP contribution in [-0.2, 0) is 6.54 Å². The fourth-order valence-electron chi connectivity index (χ4n) is 3.22. The van der Waals surface area contributed by atoms with E-state index < -0.39 is 0 Å². The Balaban J connectivity index is 1.68. The summed E-state index contributed by atoms with van der Waals surface area (Å²) in [6.07, 6.45) is 6.00. The van der Waals surface area contributed by atoms with E-state index in [1.165, 1.54) is 25.9 Å². The van der Waals surface area contributed by atoms with Crippen LogP contribution in [0.5, 0.6) is 0 Å². The van der Waals surface area contributed by atoms with Crippen molar-refractivity contribution in [1.29, 1.82) is 0 Å². The third kappa shape index (κ3) is 1.74. The molecule has 1 aromatic rings. The first-order chi connectivity index (χ1) is 7.84. The van der Waals surface area contributed by atoms with Crippen molar-refractivity contribution in [3.8, 4) is 0 Å². The Morgan fingerprint density at radius 3 is 3.19 bits per heavy atom. The molecule has 0 spiro atoms. The maximum atomic E-state index is 4.19. The number of rotatable bonds is 2. The van der Waals surface area contributed by atoms with Crippen LogP contribution in [0.25, 0.3) is 0 Å². The first kappa shape index (κ1) is 10.2. The molecule has 2 saturated heterocycles. The maximum Gasteiger partial charge on any atom is 0.137 e. The van der Waals surface area contributed by atoms with Gasteiger partial charge >= 0.3 is 0 Å². The molecule has 5 nitrogen and oxygen atoms in total. The molecule has 0 unspecified atom stereocenters. The van der Waals surface area contributed by atoms with Crippen LogP contribution in [0.15, 0.2) is 12.7 Å². The summed E-state index contributed by atoms with van der Waals surface area (Å²) in [4.78, 5) is 6.55. The minimum atomic E-state index is 0.622. The van der Waals surface area contributed by atoms with Crippen molar-refractivity contribution in [2.24, 2.45) is 5.92 Å². The van der Waals surface area contributed by atoms with Crippen LogP contribution in [0.1, 0.15) is 12.8 Å². The molecule has 0 bridgehead atoms. The smallest absolute Gasteiger partial charge is 0.137 e. The number of likely N-dealkylation sites (tertiary alicyclic amines) is 1. The van der Waals surface area contributed by atoms with Gasteiger partial charge in [0, 0.05) is 12.1 Å². The molecule has 0 saturated carbocycles. The minimum absolute atomic E-state index is 0.622. The molecule has 16 heavy (non-hydrogen) atoms. The summed E-state index contributed by atoms with van der Waals surface area (Å²) in [5.74, 6) is 0.826. The number of hydrogen-bond donors (Lipinski definition) is 1. The summed E-state index contributed by atoms with van der Waals surface area (Å²) in [5.41, 5.74) is 0. The van der Waals surface area contributed by atoms with Crippen LogP contribution in [0, 0.1) is 5.92 Å². The van der Waals surface area contributed by atoms with E-state index in [9.17, 15) is 0 Å². The lowest BCUT2D eigenvalue weighted by Crippen LogP contribution is -2.43. The maximum absolute atomic E-state index is 4.19. The van der Waals surface area contributed by atoms with Gasteiger partial charge in [0.1, 0.15) is 12.7 Å². The third-order valence-electron chi connectivity index (χ3n) is 4.11. The standard InChI is InChI=1S/C11H19N5/c1-15-10(6-16-8-13-7-14-16)4-9-5-12-3-2-11(9)15/h7-12H,2-6H2,1H3/t9-,10+,11+/m1/s1. The van der Waals surface area contributed by atoms with Crippen LogP contribution < -0.4 is 5.32 Å². The number of nitrogens with one attached hydrogen (secondary N) is 1. The van der Waals surface area contributed by atoms with Crippen molar-refractivity contribution in [3.63, 3.8) is 0 Å². The van der Waals surface area contributed by atoms with E-state index in [2.05, 4.69) is 27.3 Å². The zero-order chi connectivity index (χ0) is 11.0. The molecule has 1 aromatic heterocycles. The number of piperidine rings is 1. The van der Waals surface area contributed by atoms with E-state index in [1.54, 1.807) is 6.33 Å². The molecule has 3 heterocycles. The number of nitrogens with zero attached hydrogens (tertiary/aromatic N) is 4. The van der Waals surface area contributed by atoms with Gasteiger partial charge in [-0.25, -0.2) is 4.98 Å². The van der Waals surface area contributed by atoms with Gasteiger partial charge in [0.15, 0.2) is 0 Å². The first-order valence-corrected chi connectivity index (χ1v) is 6.09. The van der Waals surface area contributed by atoms with Gasteiger partial charge in [-0.3, -0.25) is 9.58 Å². The van der Waals surface area contributed by atoms with Crippen LogP contribution in [0.4, 0.5) is 0 Å². The molecule has 3 rings (SSSR count). The summed E-state index contributed by atoms with van der Waals surface area (Å²) in [7, 11) is 2.26. The molecule has 0 aromatic carbocycles. The Morgan fingerprint density at radius 1 is 1.50 bits per heavy atom. The van der Waals surface area contributed by atoms with Crippen molar-refractivity contribution in [2.75, 3.05) is 20.1 Å². The molecule has 2 aliphatic rings. The molecule has 0 aliphatic carbocycles. The normalized spacial score (nSPS) is 35.2.